The lowest BCUT2D eigenvalue weighted by Crippen LogP contribution is -2.40. The molecular weight excluding hydrogens is 395 g/mol. The molecular formula is C24H21FN4O2. The van der Waals surface area contributed by atoms with Crippen molar-refractivity contribution in [1.82, 2.24) is 14.4 Å². The topological polar surface area (TPSA) is 93.5 Å². The number of halogens is 1. The van der Waals surface area contributed by atoms with Crippen molar-refractivity contribution in [3.8, 4) is 11.3 Å². The number of ketones is 1. The number of anilines is 1. The summed E-state index contributed by atoms with van der Waals surface area (Å²) >= 11 is 0. The van der Waals surface area contributed by atoms with Gasteiger partial charge in [0.15, 0.2) is 5.78 Å². The van der Waals surface area contributed by atoms with Crippen LogP contribution in [-0.2, 0) is 0 Å². The molecule has 0 spiro atoms. The van der Waals surface area contributed by atoms with Crippen molar-refractivity contribution in [1.29, 1.82) is 0 Å². The molecule has 2 aromatic carbocycles. The van der Waals surface area contributed by atoms with Gasteiger partial charge in [-0.3, -0.25) is 9.20 Å². The molecule has 0 atom stereocenters. The van der Waals surface area contributed by atoms with Gasteiger partial charge < -0.3 is 10.8 Å². The molecule has 0 saturated heterocycles. The molecule has 1 aliphatic rings. The number of imidazole rings is 1. The number of nitrogen functional groups attached to an aromatic ring is 1. The number of hydrogen-bond donors (Lipinski definition) is 2. The second-order valence-corrected chi connectivity index (χ2v) is 8.34. The number of carbonyl (C=O) groups is 1. The number of benzene rings is 2. The van der Waals surface area contributed by atoms with Crippen molar-refractivity contribution in [2.75, 3.05) is 5.73 Å². The summed E-state index contributed by atoms with van der Waals surface area (Å²) in [7, 11) is 0. The molecule has 3 N–H and O–H groups in total. The van der Waals surface area contributed by atoms with Gasteiger partial charge in [0.05, 0.1) is 11.2 Å². The van der Waals surface area contributed by atoms with Crippen molar-refractivity contribution in [2.45, 2.75) is 31.3 Å². The van der Waals surface area contributed by atoms with Crippen LogP contribution in [-0.4, -0.2) is 30.9 Å². The molecule has 156 valence electrons. The normalized spacial score (nSPS) is 20.5. The highest BCUT2D eigenvalue weighted by atomic mass is 19.1. The first-order chi connectivity index (χ1) is 14.8. The molecule has 0 radical (unpaired) electrons. The SMILES string of the molecule is C[C@]1(O)C[C@H](c2nc(-c3ccc(C(=O)c4ccccc4)c(F)c3)c3c(N)nccn32)C1. The lowest BCUT2D eigenvalue weighted by atomic mass is 9.72. The van der Waals surface area contributed by atoms with Crippen LogP contribution in [0, 0.1) is 5.82 Å². The maximum Gasteiger partial charge on any atom is 0.195 e. The van der Waals surface area contributed by atoms with Gasteiger partial charge in [-0.25, -0.2) is 14.4 Å². The third-order valence-corrected chi connectivity index (χ3v) is 5.87. The first-order valence-electron chi connectivity index (χ1n) is 10.1. The highest BCUT2D eigenvalue weighted by Gasteiger charge is 2.41. The number of nitrogens with zero attached hydrogens (tertiary/aromatic N) is 3. The fourth-order valence-corrected chi connectivity index (χ4v) is 4.35. The van der Waals surface area contributed by atoms with Gasteiger partial charge in [0, 0.05) is 29.4 Å². The lowest BCUT2D eigenvalue weighted by molar-refractivity contribution is -0.0335. The van der Waals surface area contributed by atoms with Crippen LogP contribution in [0.15, 0.2) is 60.9 Å². The summed E-state index contributed by atoms with van der Waals surface area (Å²) in [5, 5.41) is 10.2. The van der Waals surface area contributed by atoms with E-state index in [2.05, 4.69) is 4.98 Å². The van der Waals surface area contributed by atoms with Gasteiger partial charge in [0.25, 0.3) is 0 Å². The van der Waals surface area contributed by atoms with E-state index in [0.717, 1.165) is 5.82 Å². The fraction of sp³-hybridized carbons (Fsp3) is 0.208. The van der Waals surface area contributed by atoms with Gasteiger partial charge in [-0.1, -0.05) is 36.4 Å². The first-order valence-corrected chi connectivity index (χ1v) is 10.1. The average molecular weight is 416 g/mol. The third kappa shape index (κ3) is 3.27. The van der Waals surface area contributed by atoms with E-state index >= 15 is 0 Å². The maximum atomic E-state index is 15.0. The Labute approximate surface area is 178 Å². The first kappa shape index (κ1) is 19.4. The molecule has 7 heteroatoms. The van der Waals surface area contributed by atoms with Crippen LogP contribution in [0.25, 0.3) is 16.8 Å². The van der Waals surface area contributed by atoms with Gasteiger partial charge in [-0.15, -0.1) is 0 Å². The molecule has 1 fully saturated rings. The van der Waals surface area contributed by atoms with Crippen LogP contribution < -0.4 is 5.73 Å². The summed E-state index contributed by atoms with van der Waals surface area (Å²) in [6.07, 6.45) is 4.55. The van der Waals surface area contributed by atoms with Gasteiger partial charge in [-0.05, 0) is 31.9 Å². The Morgan fingerprint density at radius 1 is 1.23 bits per heavy atom. The van der Waals surface area contributed by atoms with E-state index < -0.39 is 11.4 Å². The lowest BCUT2D eigenvalue weighted by Gasteiger charge is -2.40. The van der Waals surface area contributed by atoms with E-state index in [1.807, 2.05) is 4.40 Å². The summed E-state index contributed by atoms with van der Waals surface area (Å²) in [5.74, 6) is 0.116. The minimum absolute atomic E-state index is 0.000162. The van der Waals surface area contributed by atoms with E-state index in [1.54, 1.807) is 55.7 Å². The van der Waals surface area contributed by atoms with E-state index in [1.165, 1.54) is 12.1 Å². The second kappa shape index (κ2) is 6.99. The van der Waals surface area contributed by atoms with Gasteiger partial charge in [0.2, 0.25) is 0 Å². The van der Waals surface area contributed by atoms with Crippen LogP contribution in [0.5, 0.6) is 0 Å². The van der Waals surface area contributed by atoms with Crippen LogP contribution in [0.2, 0.25) is 0 Å². The van der Waals surface area contributed by atoms with Crippen LogP contribution in [0.1, 0.15) is 47.4 Å². The summed E-state index contributed by atoms with van der Waals surface area (Å²) < 4.78 is 16.8. The van der Waals surface area contributed by atoms with E-state index in [9.17, 15) is 14.3 Å². The van der Waals surface area contributed by atoms with E-state index in [-0.39, 0.29) is 23.1 Å². The van der Waals surface area contributed by atoms with Gasteiger partial charge >= 0.3 is 0 Å². The van der Waals surface area contributed by atoms with Crippen molar-refractivity contribution in [3.05, 3.63) is 83.7 Å². The molecule has 0 aliphatic heterocycles. The van der Waals surface area contributed by atoms with E-state index in [0.29, 0.717) is 35.2 Å². The zero-order valence-corrected chi connectivity index (χ0v) is 16.9. The Kier molecular flexibility index (Phi) is 4.37. The largest absolute Gasteiger partial charge is 0.390 e. The maximum absolute atomic E-state index is 15.0. The Morgan fingerprint density at radius 3 is 2.65 bits per heavy atom. The van der Waals surface area contributed by atoms with Gasteiger partial charge in [0.1, 0.15) is 28.7 Å². The molecule has 5 rings (SSSR count). The predicted molar refractivity (Wildman–Crippen MR) is 115 cm³/mol. The van der Waals surface area contributed by atoms with Crippen LogP contribution in [0.4, 0.5) is 10.2 Å². The zero-order valence-electron chi connectivity index (χ0n) is 16.9. The van der Waals surface area contributed by atoms with Crippen molar-refractivity contribution >= 4 is 17.1 Å². The molecule has 0 unspecified atom stereocenters. The summed E-state index contributed by atoms with van der Waals surface area (Å²) in [4.78, 5) is 21.6. The molecule has 31 heavy (non-hydrogen) atoms. The number of aliphatic hydroxyl groups is 1. The highest BCUT2D eigenvalue weighted by molar-refractivity contribution is 6.09. The highest BCUT2D eigenvalue weighted by Crippen LogP contribution is 2.45. The van der Waals surface area contributed by atoms with Crippen molar-refractivity contribution in [2.24, 2.45) is 0 Å². The minimum Gasteiger partial charge on any atom is -0.390 e. The number of rotatable bonds is 4. The summed E-state index contributed by atoms with van der Waals surface area (Å²) in [6, 6.07) is 13.1. The standard InChI is InChI=1S/C24H21FN4O2/c1-24(31)12-16(13-24)23-28-19(20-22(26)27-9-10-29(20)23)15-7-8-17(18(25)11-15)21(30)14-5-3-2-4-6-14/h2-11,16,31H,12-13H2,1H3,(H2,26,27)/t16-,24-. The number of nitrogens with two attached hydrogens (primary N) is 1. The van der Waals surface area contributed by atoms with Gasteiger partial charge in [-0.2, -0.15) is 0 Å². The van der Waals surface area contributed by atoms with Crippen LogP contribution >= 0.6 is 0 Å². The zero-order chi connectivity index (χ0) is 21.8. The molecule has 4 aromatic rings. The number of carbonyl (C=O) groups excluding carboxylic acids is 1. The number of fused-ring (bicyclic) bond motifs is 1. The monoisotopic (exact) mass is 416 g/mol. The molecule has 1 saturated carbocycles. The molecule has 0 bridgehead atoms. The number of hydrogen-bond acceptors (Lipinski definition) is 5. The molecule has 1 aliphatic carbocycles. The smallest absolute Gasteiger partial charge is 0.195 e. The molecule has 6 nitrogen and oxygen atoms in total. The Hall–Kier alpha value is -3.58. The third-order valence-electron chi connectivity index (χ3n) is 5.87. The average Bonchev–Trinajstić information content (AvgIpc) is 3.13. The molecule has 2 aromatic heterocycles. The Balaban J connectivity index is 1.58. The van der Waals surface area contributed by atoms with Crippen molar-refractivity contribution < 1.29 is 14.3 Å². The minimum atomic E-state index is -0.708. The molecule has 2 heterocycles. The Morgan fingerprint density at radius 2 is 1.97 bits per heavy atom. The predicted octanol–water partition coefficient (Wildman–Crippen LogP) is 3.98. The molecule has 0 amide bonds. The quantitative estimate of drug-likeness (QED) is 0.491. The Bertz CT molecular complexity index is 1310. The van der Waals surface area contributed by atoms with Crippen LogP contribution in [0.3, 0.4) is 0 Å². The van der Waals surface area contributed by atoms with E-state index in [4.69, 9.17) is 10.7 Å². The fourth-order valence-electron chi connectivity index (χ4n) is 4.35. The second-order valence-electron chi connectivity index (χ2n) is 8.34. The summed E-state index contributed by atoms with van der Waals surface area (Å²) in [6.45, 7) is 1.80. The summed E-state index contributed by atoms with van der Waals surface area (Å²) in [5.41, 5.74) is 7.46. The van der Waals surface area contributed by atoms with Crippen molar-refractivity contribution in [3.63, 3.8) is 0 Å². The number of aromatic nitrogens is 3.